The molecule has 1 heterocycles. The molecule has 5 heteroatoms. The maximum atomic E-state index is 11.4. The zero-order chi connectivity index (χ0) is 11.3. The van der Waals surface area contributed by atoms with Gasteiger partial charge in [0.2, 0.25) is 0 Å². The second-order valence-corrected chi connectivity index (χ2v) is 7.20. The van der Waals surface area contributed by atoms with Crippen LogP contribution in [0, 0.1) is 0 Å². The summed E-state index contributed by atoms with van der Waals surface area (Å²) in [6, 6.07) is 0.533. The average Bonchev–Trinajstić information content (AvgIpc) is 2.27. The van der Waals surface area contributed by atoms with Crippen molar-refractivity contribution in [3.63, 3.8) is 0 Å². The molecule has 1 fully saturated rings. The lowest BCUT2D eigenvalue weighted by Gasteiger charge is -2.34. The summed E-state index contributed by atoms with van der Waals surface area (Å²) in [6.07, 6.45) is 3.67. The zero-order valence-electron chi connectivity index (χ0n) is 9.28. The normalized spacial score (nSPS) is 24.3. The van der Waals surface area contributed by atoms with E-state index < -0.39 is 9.84 Å². The standard InChI is InChI=1S/C10H20BrNO2S/c1-2-15(13,14)8-7-12-6-4-3-5-10(12)9-11/h10H,2-9H2,1H3. The number of halogens is 1. The van der Waals surface area contributed by atoms with E-state index in [2.05, 4.69) is 20.8 Å². The van der Waals surface area contributed by atoms with Crippen molar-refractivity contribution >= 4 is 25.8 Å². The summed E-state index contributed by atoms with van der Waals surface area (Å²) in [7, 11) is -2.81. The first-order valence-corrected chi connectivity index (χ1v) is 8.54. The SMILES string of the molecule is CCS(=O)(=O)CCN1CCCCC1CBr. The molecule has 1 unspecified atom stereocenters. The predicted molar refractivity (Wildman–Crippen MR) is 67.3 cm³/mol. The maximum absolute atomic E-state index is 11.4. The van der Waals surface area contributed by atoms with Crippen LogP contribution in [0.5, 0.6) is 0 Å². The Hall–Kier alpha value is 0.390. The second-order valence-electron chi connectivity index (χ2n) is 4.08. The Morgan fingerprint density at radius 3 is 2.73 bits per heavy atom. The Bertz CT molecular complexity index is 279. The van der Waals surface area contributed by atoms with Crippen LogP contribution in [0.15, 0.2) is 0 Å². The van der Waals surface area contributed by atoms with Crippen molar-refractivity contribution in [2.24, 2.45) is 0 Å². The molecule has 0 N–H and O–H groups in total. The van der Waals surface area contributed by atoms with Gasteiger partial charge in [-0.1, -0.05) is 29.3 Å². The first-order chi connectivity index (χ1) is 7.09. The third-order valence-corrected chi connectivity index (χ3v) is 5.49. The molecule has 0 saturated carbocycles. The second kappa shape index (κ2) is 6.21. The van der Waals surface area contributed by atoms with E-state index in [9.17, 15) is 8.42 Å². The van der Waals surface area contributed by atoms with Gasteiger partial charge >= 0.3 is 0 Å². The fourth-order valence-corrected chi connectivity index (χ4v) is 3.46. The number of alkyl halides is 1. The summed E-state index contributed by atoms with van der Waals surface area (Å²) in [5.41, 5.74) is 0. The van der Waals surface area contributed by atoms with E-state index in [1.54, 1.807) is 6.92 Å². The minimum absolute atomic E-state index is 0.264. The van der Waals surface area contributed by atoms with Crippen molar-refractivity contribution in [3.05, 3.63) is 0 Å². The Labute approximate surface area is 101 Å². The van der Waals surface area contributed by atoms with Gasteiger partial charge in [-0.3, -0.25) is 4.90 Å². The number of likely N-dealkylation sites (tertiary alicyclic amines) is 1. The van der Waals surface area contributed by atoms with E-state index in [0.717, 1.165) is 11.9 Å². The molecular formula is C10H20BrNO2S. The zero-order valence-corrected chi connectivity index (χ0v) is 11.7. The largest absolute Gasteiger partial charge is 0.299 e. The van der Waals surface area contributed by atoms with Crippen LogP contribution in [0.1, 0.15) is 26.2 Å². The molecule has 15 heavy (non-hydrogen) atoms. The van der Waals surface area contributed by atoms with Crippen molar-refractivity contribution in [3.8, 4) is 0 Å². The van der Waals surface area contributed by atoms with Gasteiger partial charge in [-0.2, -0.15) is 0 Å². The first kappa shape index (κ1) is 13.5. The maximum Gasteiger partial charge on any atom is 0.151 e. The van der Waals surface area contributed by atoms with Crippen molar-refractivity contribution in [2.75, 3.05) is 29.9 Å². The van der Waals surface area contributed by atoms with Gasteiger partial charge < -0.3 is 0 Å². The number of sulfone groups is 1. The van der Waals surface area contributed by atoms with E-state index in [-0.39, 0.29) is 5.75 Å². The van der Waals surface area contributed by atoms with E-state index in [1.165, 1.54) is 19.3 Å². The lowest BCUT2D eigenvalue weighted by atomic mass is 10.0. The van der Waals surface area contributed by atoms with Crippen molar-refractivity contribution in [1.29, 1.82) is 0 Å². The Kier molecular flexibility index (Phi) is 5.57. The molecule has 0 spiro atoms. The summed E-state index contributed by atoms with van der Waals surface area (Å²) in [4.78, 5) is 2.31. The Balaban J connectivity index is 2.42. The molecule has 90 valence electrons. The fraction of sp³-hybridized carbons (Fsp3) is 1.00. The van der Waals surface area contributed by atoms with E-state index in [0.29, 0.717) is 18.3 Å². The molecule has 0 amide bonds. The van der Waals surface area contributed by atoms with Gasteiger partial charge in [0, 0.05) is 23.7 Å². The minimum atomic E-state index is -2.81. The van der Waals surface area contributed by atoms with Crippen LogP contribution in [-0.2, 0) is 9.84 Å². The molecular weight excluding hydrogens is 278 g/mol. The number of piperidine rings is 1. The van der Waals surface area contributed by atoms with Crippen LogP contribution in [0.2, 0.25) is 0 Å². The molecule has 3 nitrogen and oxygen atoms in total. The van der Waals surface area contributed by atoms with Gasteiger partial charge in [0.1, 0.15) is 0 Å². The Morgan fingerprint density at radius 2 is 2.13 bits per heavy atom. The number of hydrogen-bond donors (Lipinski definition) is 0. The van der Waals surface area contributed by atoms with Gasteiger partial charge in [-0.25, -0.2) is 8.42 Å². The van der Waals surface area contributed by atoms with Crippen molar-refractivity contribution in [2.45, 2.75) is 32.2 Å². The molecule has 0 aromatic carbocycles. The molecule has 1 saturated heterocycles. The summed E-state index contributed by atoms with van der Waals surface area (Å²) in [5, 5.41) is 0.958. The molecule has 1 aliphatic heterocycles. The van der Waals surface area contributed by atoms with Gasteiger partial charge in [0.25, 0.3) is 0 Å². The van der Waals surface area contributed by atoms with E-state index >= 15 is 0 Å². The van der Waals surface area contributed by atoms with Crippen LogP contribution in [0.4, 0.5) is 0 Å². The first-order valence-electron chi connectivity index (χ1n) is 5.59. The smallest absolute Gasteiger partial charge is 0.151 e. The number of hydrogen-bond acceptors (Lipinski definition) is 3. The Morgan fingerprint density at radius 1 is 1.40 bits per heavy atom. The molecule has 0 aromatic rings. The average molecular weight is 298 g/mol. The van der Waals surface area contributed by atoms with Crippen LogP contribution < -0.4 is 0 Å². The summed E-state index contributed by atoms with van der Waals surface area (Å²) < 4.78 is 22.8. The highest BCUT2D eigenvalue weighted by molar-refractivity contribution is 9.09. The monoisotopic (exact) mass is 297 g/mol. The third-order valence-electron chi connectivity index (χ3n) is 3.06. The molecule has 1 rings (SSSR count). The molecule has 0 aromatic heterocycles. The summed E-state index contributed by atoms with van der Waals surface area (Å²) >= 11 is 3.50. The summed E-state index contributed by atoms with van der Waals surface area (Å²) in [6.45, 7) is 3.47. The fourth-order valence-electron chi connectivity index (χ4n) is 1.93. The molecule has 0 radical (unpaired) electrons. The van der Waals surface area contributed by atoms with Gasteiger partial charge in [0.15, 0.2) is 9.84 Å². The van der Waals surface area contributed by atoms with Gasteiger partial charge in [-0.05, 0) is 19.4 Å². The third kappa shape index (κ3) is 4.41. The lowest BCUT2D eigenvalue weighted by molar-refractivity contribution is 0.174. The quantitative estimate of drug-likeness (QED) is 0.725. The predicted octanol–water partition coefficient (Wildman–Crippen LogP) is 1.67. The summed E-state index contributed by atoms with van der Waals surface area (Å²) in [5.74, 6) is 0.576. The van der Waals surface area contributed by atoms with Gasteiger partial charge in [-0.15, -0.1) is 0 Å². The van der Waals surface area contributed by atoms with Crippen LogP contribution in [0.25, 0.3) is 0 Å². The highest BCUT2D eigenvalue weighted by Crippen LogP contribution is 2.18. The van der Waals surface area contributed by atoms with Crippen molar-refractivity contribution < 1.29 is 8.42 Å². The highest BCUT2D eigenvalue weighted by atomic mass is 79.9. The molecule has 0 bridgehead atoms. The van der Waals surface area contributed by atoms with Crippen LogP contribution in [-0.4, -0.2) is 49.3 Å². The lowest BCUT2D eigenvalue weighted by Crippen LogP contribution is -2.43. The van der Waals surface area contributed by atoms with E-state index in [1.807, 2.05) is 0 Å². The minimum Gasteiger partial charge on any atom is -0.299 e. The van der Waals surface area contributed by atoms with Gasteiger partial charge in [0.05, 0.1) is 5.75 Å². The number of nitrogens with zero attached hydrogens (tertiary/aromatic N) is 1. The van der Waals surface area contributed by atoms with Crippen LogP contribution >= 0.6 is 15.9 Å². The van der Waals surface area contributed by atoms with Crippen molar-refractivity contribution in [1.82, 2.24) is 4.90 Å². The topological polar surface area (TPSA) is 37.4 Å². The van der Waals surface area contributed by atoms with E-state index in [4.69, 9.17) is 0 Å². The van der Waals surface area contributed by atoms with Crippen LogP contribution in [0.3, 0.4) is 0 Å². The molecule has 1 aliphatic rings. The molecule has 0 aliphatic carbocycles. The molecule has 1 atom stereocenters. The number of rotatable bonds is 5. The highest BCUT2D eigenvalue weighted by Gasteiger charge is 2.22.